The minimum Gasteiger partial charge on any atom is -0.317 e. The SMILES string of the molecule is O=S1(=O)CCCC(NC2CCCNCC2)C1. The zero-order valence-electron chi connectivity index (χ0n) is 9.74. The van der Waals surface area contributed by atoms with E-state index < -0.39 is 9.84 Å². The predicted octanol–water partition coefficient (Wildman–Crippen LogP) is 0.295. The van der Waals surface area contributed by atoms with E-state index in [4.69, 9.17) is 0 Å². The summed E-state index contributed by atoms with van der Waals surface area (Å²) in [4.78, 5) is 0. The van der Waals surface area contributed by atoms with Gasteiger partial charge in [0, 0.05) is 12.1 Å². The molecular weight excluding hydrogens is 224 g/mol. The highest BCUT2D eigenvalue weighted by Gasteiger charge is 2.26. The summed E-state index contributed by atoms with van der Waals surface area (Å²) in [6, 6.07) is 0.704. The van der Waals surface area contributed by atoms with Crippen LogP contribution in [0.15, 0.2) is 0 Å². The van der Waals surface area contributed by atoms with Crippen LogP contribution in [0.3, 0.4) is 0 Å². The van der Waals surface area contributed by atoms with Crippen molar-refractivity contribution in [1.29, 1.82) is 0 Å². The monoisotopic (exact) mass is 246 g/mol. The van der Waals surface area contributed by atoms with E-state index in [0.29, 0.717) is 17.5 Å². The van der Waals surface area contributed by atoms with Crippen LogP contribution in [0.1, 0.15) is 32.1 Å². The highest BCUT2D eigenvalue weighted by molar-refractivity contribution is 7.91. The first-order chi connectivity index (χ1) is 7.66. The zero-order valence-corrected chi connectivity index (χ0v) is 10.6. The minimum absolute atomic E-state index is 0.196. The predicted molar refractivity (Wildman–Crippen MR) is 65.3 cm³/mol. The van der Waals surface area contributed by atoms with Gasteiger partial charge in [-0.1, -0.05) is 0 Å². The van der Waals surface area contributed by atoms with E-state index >= 15 is 0 Å². The van der Waals surface area contributed by atoms with Gasteiger partial charge in [-0.15, -0.1) is 0 Å². The first-order valence-corrected chi connectivity index (χ1v) is 8.15. The molecule has 2 rings (SSSR count). The van der Waals surface area contributed by atoms with E-state index in [0.717, 1.165) is 32.4 Å². The minimum atomic E-state index is -2.77. The Bertz CT molecular complexity index is 308. The van der Waals surface area contributed by atoms with E-state index in [2.05, 4.69) is 10.6 Å². The third-order valence-electron chi connectivity index (χ3n) is 3.51. The largest absolute Gasteiger partial charge is 0.317 e. The second-order valence-corrected chi connectivity index (χ2v) is 7.23. The van der Waals surface area contributed by atoms with E-state index in [1.54, 1.807) is 0 Å². The quantitative estimate of drug-likeness (QED) is 0.735. The van der Waals surface area contributed by atoms with Crippen LogP contribution in [0.25, 0.3) is 0 Å². The van der Waals surface area contributed by atoms with Crippen LogP contribution in [-0.2, 0) is 9.84 Å². The molecule has 94 valence electrons. The Balaban J connectivity index is 1.83. The first kappa shape index (κ1) is 12.3. The summed E-state index contributed by atoms with van der Waals surface area (Å²) in [6.07, 6.45) is 5.32. The molecule has 0 radical (unpaired) electrons. The summed E-state index contributed by atoms with van der Waals surface area (Å²) in [6.45, 7) is 2.15. The topological polar surface area (TPSA) is 58.2 Å². The molecule has 0 spiro atoms. The Labute approximate surface area is 98.1 Å². The summed E-state index contributed by atoms with van der Waals surface area (Å²) in [5.74, 6) is 0.730. The van der Waals surface area contributed by atoms with Gasteiger partial charge in [0.2, 0.25) is 0 Å². The Kier molecular flexibility index (Phi) is 4.21. The molecule has 2 atom stereocenters. The second-order valence-electron chi connectivity index (χ2n) is 5.00. The fraction of sp³-hybridized carbons (Fsp3) is 1.00. The van der Waals surface area contributed by atoms with E-state index in [1.165, 1.54) is 12.8 Å². The van der Waals surface area contributed by atoms with Gasteiger partial charge < -0.3 is 10.6 Å². The maximum Gasteiger partial charge on any atom is 0.151 e. The Morgan fingerprint density at radius 2 is 1.81 bits per heavy atom. The van der Waals surface area contributed by atoms with Crippen molar-refractivity contribution in [2.45, 2.75) is 44.2 Å². The Hall–Kier alpha value is -0.130. The lowest BCUT2D eigenvalue weighted by atomic mass is 10.1. The number of sulfone groups is 1. The molecule has 5 heteroatoms. The summed E-state index contributed by atoms with van der Waals surface area (Å²) >= 11 is 0. The fourth-order valence-electron chi connectivity index (χ4n) is 2.67. The Morgan fingerprint density at radius 1 is 1.00 bits per heavy atom. The standard InChI is InChI=1S/C11H22N2O2S/c14-16(15)8-2-4-11(9-16)13-10-3-1-6-12-7-5-10/h10-13H,1-9H2. The Morgan fingerprint density at radius 3 is 2.62 bits per heavy atom. The van der Waals surface area contributed by atoms with E-state index in [1.807, 2.05) is 0 Å². The van der Waals surface area contributed by atoms with Crippen LogP contribution >= 0.6 is 0 Å². The molecule has 16 heavy (non-hydrogen) atoms. The van der Waals surface area contributed by atoms with Gasteiger partial charge in [-0.05, 0) is 45.2 Å². The van der Waals surface area contributed by atoms with Gasteiger partial charge in [-0.2, -0.15) is 0 Å². The molecule has 0 aromatic heterocycles. The molecule has 2 saturated heterocycles. The maximum absolute atomic E-state index is 11.5. The van der Waals surface area contributed by atoms with Crippen LogP contribution in [0.2, 0.25) is 0 Å². The molecule has 0 aliphatic carbocycles. The summed E-state index contributed by atoms with van der Waals surface area (Å²) in [5, 5.41) is 6.91. The van der Waals surface area contributed by atoms with Gasteiger partial charge >= 0.3 is 0 Å². The normalized spacial score (nSPS) is 35.5. The van der Waals surface area contributed by atoms with Gasteiger partial charge in [-0.25, -0.2) is 8.42 Å². The smallest absolute Gasteiger partial charge is 0.151 e. The molecule has 2 fully saturated rings. The molecule has 2 aliphatic heterocycles. The molecular formula is C11H22N2O2S. The van der Waals surface area contributed by atoms with Crippen LogP contribution in [-0.4, -0.2) is 45.1 Å². The second kappa shape index (κ2) is 5.47. The van der Waals surface area contributed by atoms with Crippen LogP contribution in [0, 0.1) is 0 Å². The fourth-order valence-corrected chi connectivity index (χ4v) is 4.32. The van der Waals surface area contributed by atoms with Crippen molar-refractivity contribution in [2.24, 2.45) is 0 Å². The average molecular weight is 246 g/mol. The lowest BCUT2D eigenvalue weighted by molar-refractivity contribution is 0.390. The molecule has 0 bridgehead atoms. The number of hydrogen-bond acceptors (Lipinski definition) is 4. The molecule has 0 amide bonds. The van der Waals surface area contributed by atoms with Crippen LogP contribution < -0.4 is 10.6 Å². The highest BCUT2D eigenvalue weighted by atomic mass is 32.2. The number of rotatable bonds is 2. The van der Waals surface area contributed by atoms with Gasteiger partial charge in [0.15, 0.2) is 9.84 Å². The van der Waals surface area contributed by atoms with E-state index in [9.17, 15) is 8.42 Å². The molecule has 2 aliphatic rings. The molecule has 2 unspecified atom stereocenters. The van der Waals surface area contributed by atoms with Gasteiger partial charge in [0.25, 0.3) is 0 Å². The lowest BCUT2D eigenvalue weighted by Crippen LogP contribution is -2.45. The molecule has 0 aromatic carbocycles. The van der Waals surface area contributed by atoms with Crippen molar-refractivity contribution in [3.05, 3.63) is 0 Å². The van der Waals surface area contributed by atoms with Crippen molar-refractivity contribution in [2.75, 3.05) is 24.6 Å². The third kappa shape index (κ3) is 3.71. The number of hydrogen-bond donors (Lipinski definition) is 2. The van der Waals surface area contributed by atoms with Crippen molar-refractivity contribution >= 4 is 9.84 Å². The number of nitrogens with one attached hydrogen (secondary N) is 2. The van der Waals surface area contributed by atoms with Crippen molar-refractivity contribution in [1.82, 2.24) is 10.6 Å². The summed E-state index contributed by atoms with van der Waals surface area (Å²) < 4.78 is 23.0. The molecule has 0 saturated carbocycles. The first-order valence-electron chi connectivity index (χ1n) is 6.33. The molecule has 2 heterocycles. The van der Waals surface area contributed by atoms with E-state index in [-0.39, 0.29) is 6.04 Å². The van der Waals surface area contributed by atoms with Crippen LogP contribution in [0.5, 0.6) is 0 Å². The van der Waals surface area contributed by atoms with Crippen molar-refractivity contribution in [3.8, 4) is 0 Å². The highest BCUT2D eigenvalue weighted by Crippen LogP contribution is 2.15. The molecule has 2 N–H and O–H groups in total. The lowest BCUT2D eigenvalue weighted by Gasteiger charge is -2.27. The maximum atomic E-state index is 11.5. The molecule has 0 aromatic rings. The van der Waals surface area contributed by atoms with Crippen LogP contribution in [0.4, 0.5) is 0 Å². The van der Waals surface area contributed by atoms with Gasteiger partial charge in [0.1, 0.15) is 0 Å². The summed E-state index contributed by atoms with van der Waals surface area (Å²) in [7, 11) is -2.77. The van der Waals surface area contributed by atoms with Crippen molar-refractivity contribution in [3.63, 3.8) is 0 Å². The van der Waals surface area contributed by atoms with Crippen molar-refractivity contribution < 1.29 is 8.42 Å². The average Bonchev–Trinajstić information content (AvgIpc) is 2.45. The third-order valence-corrected chi connectivity index (χ3v) is 5.33. The zero-order chi connectivity index (χ0) is 11.4. The van der Waals surface area contributed by atoms with Gasteiger partial charge in [-0.3, -0.25) is 0 Å². The molecule has 4 nitrogen and oxygen atoms in total. The summed E-state index contributed by atoms with van der Waals surface area (Å²) in [5.41, 5.74) is 0. The van der Waals surface area contributed by atoms with Gasteiger partial charge in [0.05, 0.1) is 11.5 Å².